The summed E-state index contributed by atoms with van der Waals surface area (Å²) in [5, 5.41) is 0. The first-order chi connectivity index (χ1) is 9.71. The molecule has 0 N–H and O–H groups in total. The third kappa shape index (κ3) is 2.75. The number of esters is 1. The van der Waals surface area contributed by atoms with E-state index in [9.17, 15) is 4.79 Å². The number of rotatable bonds is 5. The normalized spacial score (nSPS) is 10.2. The van der Waals surface area contributed by atoms with Crippen molar-refractivity contribution in [1.82, 2.24) is 4.98 Å². The number of nitrogens with zero attached hydrogens (tertiary/aromatic N) is 1. The Kier molecular flexibility index (Phi) is 4.57. The van der Waals surface area contributed by atoms with Crippen LogP contribution in [0, 0.1) is 0 Å². The summed E-state index contributed by atoms with van der Waals surface area (Å²) in [6.45, 7) is 2.07. The van der Waals surface area contributed by atoms with Crippen molar-refractivity contribution in [2.75, 3.05) is 20.8 Å². The molecule has 0 unspecified atom stereocenters. The first kappa shape index (κ1) is 14.3. The zero-order chi connectivity index (χ0) is 14.5. The maximum Gasteiger partial charge on any atom is 0.358 e. The average molecular weight is 293 g/mol. The minimum Gasteiger partial charge on any atom is -0.497 e. The van der Waals surface area contributed by atoms with Crippen LogP contribution >= 0.6 is 11.3 Å². The van der Waals surface area contributed by atoms with Crippen molar-refractivity contribution in [3.8, 4) is 21.9 Å². The minimum absolute atomic E-state index is 0.295. The Bertz CT molecular complexity index is 609. The van der Waals surface area contributed by atoms with Gasteiger partial charge in [0.2, 0.25) is 0 Å². The second-order valence-corrected chi connectivity index (χ2v) is 4.67. The Morgan fingerprint density at radius 3 is 2.75 bits per heavy atom. The minimum atomic E-state index is -0.436. The van der Waals surface area contributed by atoms with E-state index >= 15 is 0 Å². The topological polar surface area (TPSA) is 57.7 Å². The molecule has 0 amide bonds. The number of hydrogen-bond acceptors (Lipinski definition) is 6. The summed E-state index contributed by atoms with van der Waals surface area (Å²) in [6.07, 6.45) is 0. The first-order valence-corrected chi connectivity index (χ1v) is 6.92. The molecule has 106 valence electrons. The van der Waals surface area contributed by atoms with E-state index in [-0.39, 0.29) is 0 Å². The molecule has 0 aliphatic rings. The lowest BCUT2D eigenvalue weighted by Gasteiger charge is -2.10. The molecule has 1 aromatic heterocycles. The van der Waals surface area contributed by atoms with Gasteiger partial charge in [-0.2, -0.15) is 0 Å². The van der Waals surface area contributed by atoms with Gasteiger partial charge in [-0.05, 0) is 25.1 Å². The third-order valence-electron chi connectivity index (χ3n) is 2.69. The van der Waals surface area contributed by atoms with Gasteiger partial charge < -0.3 is 14.2 Å². The van der Waals surface area contributed by atoms with Crippen LogP contribution in [0.2, 0.25) is 0 Å². The molecule has 0 saturated carbocycles. The fraction of sp³-hybridized carbons (Fsp3) is 0.286. The highest BCUT2D eigenvalue weighted by Crippen LogP contribution is 2.37. The van der Waals surface area contributed by atoms with Crippen LogP contribution < -0.4 is 9.47 Å². The smallest absolute Gasteiger partial charge is 0.358 e. The highest BCUT2D eigenvalue weighted by Gasteiger charge is 2.20. The van der Waals surface area contributed by atoms with Gasteiger partial charge in [-0.1, -0.05) is 0 Å². The Morgan fingerprint density at radius 1 is 1.30 bits per heavy atom. The van der Waals surface area contributed by atoms with Crippen LogP contribution in [0.25, 0.3) is 10.4 Å². The van der Waals surface area contributed by atoms with E-state index in [1.165, 1.54) is 11.3 Å². The molecule has 0 atom stereocenters. The maximum absolute atomic E-state index is 11.9. The number of aromatic nitrogens is 1. The number of hydrogen-bond donors (Lipinski definition) is 0. The second-order valence-electron chi connectivity index (χ2n) is 3.82. The lowest BCUT2D eigenvalue weighted by molar-refractivity contribution is 0.0521. The zero-order valence-electron chi connectivity index (χ0n) is 11.5. The predicted octanol–water partition coefficient (Wildman–Crippen LogP) is 3.00. The SMILES string of the molecule is CCOC(=O)c1ncsc1-c1cc(OC)ccc1OC. The van der Waals surface area contributed by atoms with Gasteiger partial charge in [-0.3, -0.25) is 0 Å². The lowest BCUT2D eigenvalue weighted by Crippen LogP contribution is -2.06. The van der Waals surface area contributed by atoms with Crippen molar-refractivity contribution < 1.29 is 19.0 Å². The van der Waals surface area contributed by atoms with Crippen LogP contribution in [0.3, 0.4) is 0 Å². The van der Waals surface area contributed by atoms with Crippen LogP contribution in [0.1, 0.15) is 17.4 Å². The molecular formula is C14H15NO4S. The molecule has 0 bridgehead atoms. The number of ether oxygens (including phenoxy) is 3. The third-order valence-corrected chi connectivity index (χ3v) is 3.55. The monoisotopic (exact) mass is 293 g/mol. The van der Waals surface area contributed by atoms with Gasteiger partial charge in [0.15, 0.2) is 5.69 Å². The van der Waals surface area contributed by atoms with Crippen molar-refractivity contribution >= 4 is 17.3 Å². The molecule has 2 rings (SSSR count). The average Bonchev–Trinajstić information content (AvgIpc) is 2.96. The van der Waals surface area contributed by atoms with Crippen molar-refractivity contribution in [2.24, 2.45) is 0 Å². The standard InChI is InChI=1S/C14H15NO4S/c1-4-19-14(16)12-13(20-8-15-12)10-7-9(17-2)5-6-11(10)18-3/h5-8H,4H2,1-3H3. The highest BCUT2D eigenvalue weighted by molar-refractivity contribution is 7.13. The van der Waals surface area contributed by atoms with Gasteiger partial charge >= 0.3 is 5.97 Å². The zero-order valence-corrected chi connectivity index (χ0v) is 12.3. The van der Waals surface area contributed by atoms with Gasteiger partial charge in [-0.25, -0.2) is 9.78 Å². The highest BCUT2D eigenvalue weighted by atomic mass is 32.1. The summed E-state index contributed by atoms with van der Waals surface area (Å²) in [5.41, 5.74) is 2.67. The van der Waals surface area contributed by atoms with E-state index in [0.29, 0.717) is 28.7 Å². The molecule has 0 spiro atoms. The Hall–Kier alpha value is -2.08. The van der Waals surface area contributed by atoms with Crippen molar-refractivity contribution in [3.63, 3.8) is 0 Å². The fourth-order valence-corrected chi connectivity index (χ4v) is 2.57. The Balaban J connectivity index is 2.51. The van der Waals surface area contributed by atoms with Gasteiger partial charge in [0.05, 0.1) is 31.2 Å². The van der Waals surface area contributed by atoms with Gasteiger partial charge in [-0.15, -0.1) is 11.3 Å². The van der Waals surface area contributed by atoms with Crippen molar-refractivity contribution in [3.05, 3.63) is 29.4 Å². The molecule has 6 heteroatoms. The second kappa shape index (κ2) is 6.38. The lowest BCUT2D eigenvalue weighted by atomic mass is 10.1. The molecule has 2 aromatic rings. The van der Waals surface area contributed by atoms with Crippen molar-refractivity contribution in [2.45, 2.75) is 6.92 Å². The predicted molar refractivity (Wildman–Crippen MR) is 76.6 cm³/mol. The van der Waals surface area contributed by atoms with E-state index in [2.05, 4.69) is 4.98 Å². The Labute approximate surface area is 121 Å². The molecular weight excluding hydrogens is 278 g/mol. The molecule has 0 saturated heterocycles. The number of carbonyl (C=O) groups is 1. The molecule has 0 aliphatic heterocycles. The number of methoxy groups -OCH3 is 2. The summed E-state index contributed by atoms with van der Waals surface area (Å²) in [4.78, 5) is 16.7. The van der Waals surface area contributed by atoms with E-state index in [4.69, 9.17) is 14.2 Å². The first-order valence-electron chi connectivity index (χ1n) is 6.04. The number of benzene rings is 1. The Morgan fingerprint density at radius 2 is 2.10 bits per heavy atom. The van der Waals surface area contributed by atoms with E-state index in [1.807, 2.05) is 6.07 Å². The summed E-state index contributed by atoms with van der Waals surface area (Å²) in [7, 11) is 3.17. The van der Waals surface area contributed by atoms with Gasteiger partial charge in [0.25, 0.3) is 0 Å². The molecule has 20 heavy (non-hydrogen) atoms. The van der Waals surface area contributed by atoms with Crippen LogP contribution in [0.5, 0.6) is 11.5 Å². The maximum atomic E-state index is 11.9. The molecule has 5 nitrogen and oxygen atoms in total. The molecule has 0 radical (unpaired) electrons. The summed E-state index contributed by atoms with van der Waals surface area (Å²) < 4.78 is 15.6. The molecule has 0 aliphatic carbocycles. The van der Waals surface area contributed by atoms with Crippen LogP contribution in [0.4, 0.5) is 0 Å². The quantitative estimate of drug-likeness (QED) is 0.793. The largest absolute Gasteiger partial charge is 0.497 e. The van der Waals surface area contributed by atoms with Crippen LogP contribution in [-0.4, -0.2) is 31.8 Å². The van der Waals surface area contributed by atoms with E-state index in [1.54, 1.807) is 38.8 Å². The molecule has 0 fully saturated rings. The van der Waals surface area contributed by atoms with Crippen molar-refractivity contribution in [1.29, 1.82) is 0 Å². The summed E-state index contributed by atoms with van der Waals surface area (Å²) >= 11 is 1.36. The number of carbonyl (C=O) groups excluding carboxylic acids is 1. The number of thiazole rings is 1. The molecule has 1 heterocycles. The van der Waals surface area contributed by atoms with Gasteiger partial charge in [0, 0.05) is 5.56 Å². The summed E-state index contributed by atoms with van der Waals surface area (Å²) in [5.74, 6) is 0.901. The molecule has 1 aromatic carbocycles. The summed E-state index contributed by atoms with van der Waals surface area (Å²) in [6, 6.07) is 5.41. The van der Waals surface area contributed by atoms with Gasteiger partial charge in [0.1, 0.15) is 11.5 Å². The fourth-order valence-electron chi connectivity index (χ4n) is 1.77. The van der Waals surface area contributed by atoms with E-state index < -0.39 is 5.97 Å². The van der Waals surface area contributed by atoms with E-state index in [0.717, 1.165) is 5.56 Å². The van der Waals surface area contributed by atoms with Crippen LogP contribution in [-0.2, 0) is 4.74 Å². The van der Waals surface area contributed by atoms with Crippen LogP contribution in [0.15, 0.2) is 23.7 Å².